The van der Waals surface area contributed by atoms with E-state index in [1.54, 1.807) is 11.3 Å². The molecule has 0 aliphatic rings. The third kappa shape index (κ3) is 4.57. The highest BCUT2D eigenvalue weighted by atomic mass is 79.9. The Hall–Kier alpha value is -0.920. The third-order valence-electron chi connectivity index (χ3n) is 2.63. The van der Waals surface area contributed by atoms with E-state index in [0.717, 1.165) is 17.6 Å². The molecule has 7 heteroatoms. The number of aromatic nitrogens is 2. The summed E-state index contributed by atoms with van der Waals surface area (Å²) in [5.74, 6) is 1.23. The first-order chi connectivity index (χ1) is 9.54. The van der Waals surface area contributed by atoms with Gasteiger partial charge in [0.2, 0.25) is 5.89 Å². The molecule has 0 amide bonds. The minimum Gasteiger partial charge on any atom is -0.407 e. The van der Waals surface area contributed by atoms with Crippen molar-refractivity contribution in [2.75, 3.05) is 18.5 Å². The van der Waals surface area contributed by atoms with Crippen LogP contribution in [0.25, 0.3) is 0 Å². The van der Waals surface area contributed by atoms with Crippen molar-refractivity contribution < 1.29 is 4.42 Å². The topological polar surface area (TPSA) is 54.2 Å². The predicted molar refractivity (Wildman–Crippen MR) is 85.0 cm³/mol. The lowest BCUT2D eigenvalue weighted by Crippen LogP contribution is -2.19. The molecule has 2 aromatic rings. The molecule has 0 aliphatic carbocycles. The Bertz CT molecular complexity index is 540. The Morgan fingerprint density at radius 3 is 2.90 bits per heavy atom. The van der Waals surface area contributed by atoms with Crippen molar-refractivity contribution in [1.29, 1.82) is 0 Å². The van der Waals surface area contributed by atoms with E-state index < -0.39 is 0 Å². The second-order valence-corrected chi connectivity index (χ2v) is 7.00. The van der Waals surface area contributed by atoms with Crippen molar-refractivity contribution in [3.63, 3.8) is 0 Å². The molecule has 2 heterocycles. The Morgan fingerprint density at radius 1 is 1.45 bits per heavy atom. The number of anilines is 1. The van der Waals surface area contributed by atoms with E-state index in [2.05, 4.69) is 56.7 Å². The van der Waals surface area contributed by atoms with E-state index in [9.17, 15) is 0 Å². The van der Waals surface area contributed by atoms with Crippen LogP contribution in [0, 0.1) is 5.92 Å². The van der Waals surface area contributed by atoms with Crippen molar-refractivity contribution >= 4 is 33.3 Å². The van der Waals surface area contributed by atoms with Crippen molar-refractivity contribution in [2.24, 2.45) is 5.92 Å². The molecular formula is C13H19BrN4OS. The van der Waals surface area contributed by atoms with Gasteiger partial charge in [-0.1, -0.05) is 18.9 Å². The van der Waals surface area contributed by atoms with Gasteiger partial charge in [-0.15, -0.1) is 16.4 Å². The Morgan fingerprint density at radius 2 is 2.25 bits per heavy atom. The standard InChI is InChI=1S/C13H19BrN4OS/c1-9(2)5-15-6-12-16-17-13(19-12)18(3)7-11-4-10(14)8-20-11/h4,8-9,15H,5-7H2,1-3H3. The molecule has 1 N–H and O–H groups in total. The highest BCUT2D eigenvalue weighted by molar-refractivity contribution is 9.10. The van der Waals surface area contributed by atoms with Crippen molar-refractivity contribution in [3.05, 3.63) is 26.7 Å². The normalized spacial score (nSPS) is 11.2. The second-order valence-electron chi connectivity index (χ2n) is 5.09. The Balaban J connectivity index is 1.87. The number of thiophene rings is 1. The van der Waals surface area contributed by atoms with E-state index in [0.29, 0.717) is 24.4 Å². The first-order valence-corrected chi connectivity index (χ1v) is 8.19. The lowest BCUT2D eigenvalue weighted by atomic mass is 10.2. The first-order valence-electron chi connectivity index (χ1n) is 6.51. The van der Waals surface area contributed by atoms with Gasteiger partial charge in [0.15, 0.2) is 0 Å². The number of rotatable bonds is 7. The quantitative estimate of drug-likeness (QED) is 0.822. The van der Waals surface area contributed by atoms with Crippen LogP contribution >= 0.6 is 27.3 Å². The number of nitrogens with zero attached hydrogens (tertiary/aromatic N) is 3. The average molecular weight is 359 g/mol. The molecule has 5 nitrogen and oxygen atoms in total. The highest BCUT2D eigenvalue weighted by Crippen LogP contribution is 2.22. The number of hydrogen-bond donors (Lipinski definition) is 1. The minimum atomic E-state index is 0.552. The molecule has 20 heavy (non-hydrogen) atoms. The molecule has 110 valence electrons. The van der Waals surface area contributed by atoms with E-state index in [1.807, 2.05) is 11.9 Å². The van der Waals surface area contributed by atoms with Gasteiger partial charge >= 0.3 is 6.01 Å². The SMILES string of the molecule is CC(C)CNCc1nnc(N(C)Cc2cc(Br)cs2)o1. The average Bonchev–Trinajstić information content (AvgIpc) is 2.98. The maximum Gasteiger partial charge on any atom is 0.318 e. The van der Waals surface area contributed by atoms with Crippen molar-refractivity contribution in [1.82, 2.24) is 15.5 Å². The molecule has 0 aromatic carbocycles. The van der Waals surface area contributed by atoms with E-state index in [4.69, 9.17) is 4.42 Å². The van der Waals surface area contributed by atoms with Crippen molar-refractivity contribution in [2.45, 2.75) is 26.9 Å². The fourth-order valence-electron chi connectivity index (χ4n) is 1.68. The zero-order valence-electron chi connectivity index (χ0n) is 11.9. The lowest BCUT2D eigenvalue weighted by Gasteiger charge is -2.11. The van der Waals surface area contributed by atoms with Gasteiger partial charge in [-0.2, -0.15) is 0 Å². The summed E-state index contributed by atoms with van der Waals surface area (Å²) in [6.07, 6.45) is 0. The van der Waals surface area contributed by atoms with Gasteiger partial charge in [0.1, 0.15) is 0 Å². The molecule has 0 radical (unpaired) electrons. The van der Waals surface area contributed by atoms with Crippen LogP contribution in [0.5, 0.6) is 0 Å². The van der Waals surface area contributed by atoms with Gasteiger partial charge in [0, 0.05) is 21.8 Å². The number of hydrogen-bond acceptors (Lipinski definition) is 6. The fraction of sp³-hybridized carbons (Fsp3) is 0.538. The summed E-state index contributed by atoms with van der Waals surface area (Å²) in [6, 6.07) is 2.65. The monoisotopic (exact) mass is 358 g/mol. The highest BCUT2D eigenvalue weighted by Gasteiger charge is 2.12. The van der Waals surface area contributed by atoms with Gasteiger partial charge in [-0.3, -0.25) is 0 Å². The summed E-state index contributed by atoms with van der Waals surface area (Å²) >= 11 is 5.16. The zero-order chi connectivity index (χ0) is 14.5. The largest absolute Gasteiger partial charge is 0.407 e. The summed E-state index contributed by atoms with van der Waals surface area (Å²) in [5, 5.41) is 13.5. The predicted octanol–water partition coefficient (Wildman–Crippen LogP) is 3.28. The Kier molecular flexibility index (Phi) is 5.56. The van der Waals surface area contributed by atoms with Crippen LogP contribution in [-0.2, 0) is 13.1 Å². The van der Waals surface area contributed by atoms with Gasteiger partial charge in [-0.05, 0) is 34.5 Å². The molecule has 2 rings (SSSR count). The van der Waals surface area contributed by atoms with Crippen LogP contribution in [0.4, 0.5) is 6.01 Å². The van der Waals surface area contributed by atoms with E-state index >= 15 is 0 Å². The van der Waals surface area contributed by atoms with Crippen LogP contribution in [-0.4, -0.2) is 23.8 Å². The smallest absolute Gasteiger partial charge is 0.318 e. The molecule has 0 bridgehead atoms. The minimum absolute atomic E-state index is 0.552. The molecular weight excluding hydrogens is 340 g/mol. The molecule has 0 unspecified atom stereocenters. The van der Waals surface area contributed by atoms with Gasteiger partial charge in [0.05, 0.1) is 13.1 Å². The maximum absolute atomic E-state index is 5.64. The van der Waals surface area contributed by atoms with Gasteiger partial charge < -0.3 is 14.6 Å². The summed E-state index contributed by atoms with van der Waals surface area (Å²) < 4.78 is 6.75. The van der Waals surface area contributed by atoms with Crippen molar-refractivity contribution in [3.8, 4) is 0 Å². The van der Waals surface area contributed by atoms with Gasteiger partial charge in [-0.25, -0.2) is 0 Å². The maximum atomic E-state index is 5.64. The zero-order valence-corrected chi connectivity index (χ0v) is 14.3. The lowest BCUT2D eigenvalue weighted by molar-refractivity contribution is 0.450. The molecule has 0 saturated carbocycles. The molecule has 0 aliphatic heterocycles. The summed E-state index contributed by atoms with van der Waals surface area (Å²) in [5.41, 5.74) is 0. The fourth-order valence-corrected chi connectivity index (χ4v) is 3.18. The molecule has 0 spiro atoms. The van der Waals surface area contributed by atoms with Crippen LogP contribution in [0.3, 0.4) is 0 Å². The summed E-state index contributed by atoms with van der Waals surface area (Å²) in [4.78, 5) is 3.20. The summed E-state index contributed by atoms with van der Waals surface area (Å²) in [7, 11) is 1.95. The van der Waals surface area contributed by atoms with E-state index in [1.165, 1.54) is 4.88 Å². The Labute approximate surface area is 131 Å². The first kappa shape index (κ1) is 15.5. The van der Waals surface area contributed by atoms with Crippen LogP contribution in [0.2, 0.25) is 0 Å². The third-order valence-corrected chi connectivity index (χ3v) is 4.31. The second kappa shape index (κ2) is 7.19. The summed E-state index contributed by atoms with van der Waals surface area (Å²) in [6.45, 7) is 6.65. The molecule has 0 fully saturated rings. The number of halogens is 1. The van der Waals surface area contributed by atoms with Crippen LogP contribution in [0.1, 0.15) is 24.6 Å². The van der Waals surface area contributed by atoms with Crippen LogP contribution < -0.4 is 10.2 Å². The molecule has 0 saturated heterocycles. The number of nitrogens with one attached hydrogen (secondary N) is 1. The van der Waals surface area contributed by atoms with Gasteiger partial charge in [0.25, 0.3) is 0 Å². The van der Waals surface area contributed by atoms with Crippen LogP contribution in [0.15, 0.2) is 20.3 Å². The van der Waals surface area contributed by atoms with E-state index in [-0.39, 0.29) is 0 Å². The molecule has 2 aromatic heterocycles. The molecule has 0 atom stereocenters.